The summed E-state index contributed by atoms with van der Waals surface area (Å²) in [5, 5.41) is 11.3. The number of aryl methyl sites for hydroxylation is 1. The van der Waals surface area contributed by atoms with Crippen LogP contribution in [-0.4, -0.2) is 32.1 Å². The molecular formula is C14H19N5S2. The van der Waals surface area contributed by atoms with Crippen LogP contribution in [0.5, 0.6) is 0 Å². The van der Waals surface area contributed by atoms with Gasteiger partial charge in [0.25, 0.3) is 0 Å². The monoisotopic (exact) mass is 321 g/mol. The van der Waals surface area contributed by atoms with E-state index in [1.54, 1.807) is 18.1 Å². The molecule has 0 saturated heterocycles. The summed E-state index contributed by atoms with van der Waals surface area (Å²) in [5.74, 6) is 1.93. The largest absolute Gasteiger partial charge is 0.389 e. The second-order valence-electron chi connectivity index (χ2n) is 4.51. The molecule has 0 aliphatic carbocycles. The van der Waals surface area contributed by atoms with E-state index in [2.05, 4.69) is 28.5 Å². The van der Waals surface area contributed by atoms with E-state index >= 15 is 0 Å². The Morgan fingerprint density at radius 2 is 2.29 bits per heavy atom. The third kappa shape index (κ3) is 3.95. The van der Waals surface area contributed by atoms with Crippen LogP contribution >= 0.6 is 24.0 Å². The van der Waals surface area contributed by atoms with E-state index in [-0.39, 0.29) is 0 Å². The quantitative estimate of drug-likeness (QED) is 0.602. The van der Waals surface area contributed by atoms with Crippen LogP contribution < -0.4 is 11.1 Å². The Morgan fingerprint density at radius 3 is 2.90 bits per heavy atom. The van der Waals surface area contributed by atoms with Crippen molar-refractivity contribution in [2.24, 2.45) is 12.8 Å². The van der Waals surface area contributed by atoms with Crippen LogP contribution in [0.25, 0.3) is 0 Å². The van der Waals surface area contributed by atoms with Crippen molar-refractivity contribution in [2.45, 2.75) is 18.2 Å². The van der Waals surface area contributed by atoms with Crippen molar-refractivity contribution in [2.75, 3.05) is 17.6 Å². The second-order valence-corrected chi connectivity index (χ2v) is 6.26. The predicted octanol–water partition coefficient (Wildman–Crippen LogP) is 2.22. The summed E-state index contributed by atoms with van der Waals surface area (Å²) < 4.78 is 1.92. The molecule has 1 aromatic carbocycles. The van der Waals surface area contributed by atoms with Crippen molar-refractivity contribution in [1.29, 1.82) is 0 Å². The maximum Gasteiger partial charge on any atom is 0.134 e. The molecule has 0 spiro atoms. The number of benzene rings is 1. The minimum atomic E-state index is 0.424. The number of hydrogen-bond acceptors (Lipinski definition) is 5. The van der Waals surface area contributed by atoms with Gasteiger partial charge in [-0.15, -0.1) is 22.0 Å². The fourth-order valence-electron chi connectivity index (χ4n) is 2.05. The summed E-state index contributed by atoms with van der Waals surface area (Å²) >= 11 is 6.94. The maximum atomic E-state index is 5.89. The van der Waals surface area contributed by atoms with Gasteiger partial charge in [-0.2, -0.15) is 0 Å². The van der Waals surface area contributed by atoms with Gasteiger partial charge in [0.2, 0.25) is 0 Å². The Bertz CT molecular complexity index is 624. The minimum Gasteiger partial charge on any atom is -0.389 e. The highest BCUT2D eigenvalue weighted by Gasteiger charge is 2.11. The van der Waals surface area contributed by atoms with Gasteiger partial charge in [0.1, 0.15) is 17.1 Å². The van der Waals surface area contributed by atoms with Gasteiger partial charge in [0.05, 0.1) is 0 Å². The van der Waals surface area contributed by atoms with E-state index < -0.39 is 0 Å². The molecule has 0 atom stereocenters. The molecule has 1 heterocycles. The van der Waals surface area contributed by atoms with Crippen LogP contribution in [-0.2, 0) is 13.5 Å². The molecule has 2 aromatic rings. The highest BCUT2D eigenvalue weighted by atomic mass is 32.2. The van der Waals surface area contributed by atoms with E-state index in [0.29, 0.717) is 4.99 Å². The fourth-order valence-corrected chi connectivity index (χ4v) is 3.19. The van der Waals surface area contributed by atoms with Crippen LogP contribution in [0.3, 0.4) is 0 Å². The number of thiocarbonyl (C=S) groups is 1. The van der Waals surface area contributed by atoms with Crippen LogP contribution in [0.4, 0.5) is 5.69 Å². The van der Waals surface area contributed by atoms with E-state index in [9.17, 15) is 0 Å². The summed E-state index contributed by atoms with van der Waals surface area (Å²) in [4.78, 5) is 1.54. The number of nitrogens with two attached hydrogens (primary N) is 1. The summed E-state index contributed by atoms with van der Waals surface area (Å²) in [7, 11) is 1.94. The van der Waals surface area contributed by atoms with Crippen LogP contribution in [0.2, 0.25) is 0 Å². The van der Waals surface area contributed by atoms with Crippen LogP contribution in [0.1, 0.15) is 18.3 Å². The number of rotatable bonds is 7. The lowest BCUT2D eigenvalue weighted by Crippen LogP contribution is -2.16. The lowest BCUT2D eigenvalue weighted by Gasteiger charge is -2.14. The van der Waals surface area contributed by atoms with Crippen molar-refractivity contribution in [3.05, 3.63) is 35.9 Å². The van der Waals surface area contributed by atoms with Gasteiger partial charge >= 0.3 is 0 Å². The number of anilines is 1. The SMILES string of the molecule is CCSc1cccc(NCCc2nncn2C)c1C(N)=S. The van der Waals surface area contributed by atoms with E-state index in [1.165, 1.54) is 0 Å². The minimum absolute atomic E-state index is 0.424. The summed E-state index contributed by atoms with van der Waals surface area (Å²) in [6.07, 6.45) is 2.49. The summed E-state index contributed by atoms with van der Waals surface area (Å²) in [6, 6.07) is 6.08. The van der Waals surface area contributed by atoms with Gasteiger partial charge in [-0.25, -0.2) is 0 Å². The molecule has 112 valence electrons. The van der Waals surface area contributed by atoms with Crippen LogP contribution in [0.15, 0.2) is 29.4 Å². The normalized spacial score (nSPS) is 10.6. The Balaban J connectivity index is 2.10. The highest BCUT2D eigenvalue weighted by Crippen LogP contribution is 2.28. The molecule has 0 saturated carbocycles. The van der Waals surface area contributed by atoms with E-state index in [1.807, 2.05) is 23.7 Å². The van der Waals surface area contributed by atoms with Gasteiger partial charge in [-0.05, 0) is 17.9 Å². The number of thioether (sulfide) groups is 1. The molecule has 0 aliphatic heterocycles. The molecule has 21 heavy (non-hydrogen) atoms. The van der Waals surface area contributed by atoms with Gasteiger partial charge in [-0.1, -0.05) is 25.2 Å². The van der Waals surface area contributed by atoms with Crippen molar-refractivity contribution in [3.63, 3.8) is 0 Å². The van der Waals surface area contributed by atoms with Gasteiger partial charge in [0, 0.05) is 36.2 Å². The zero-order valence-electron chi connectivity index (χ0n) is 12.2. The third-order valence-electron chi connectivity index (χ3n) is 3.04. The van der Waals surface area contributed by atoms with Gasteiger partial charge < -0.3 is 15.6 Å². The Hall–Kier alpha value is -1.60. The molecule has 5 nitrogen and oxygen atoms in total. The molecule has 1 aromatic heterocycles. The lowest BCUT2D eigenvalue weighted by atomic mass is 10.1. The molecule has 0 bridgehead atoms. The number of aromatic nitrogens is 3. The maximum absolute atomic E-state index is 5.89. The van der Waals surface area contributed by atoms with Crippen LogP contribution in [0, 0.1) is 0 Å². The molecule has 0 radical (unpaired) electrons. The zero-order chi connectivity index (χ0) is 15.2. The zero-order valence-corrected chi connectivity index (χ0v) is 13.8. The van der Waals surface area contributed by atoms with Crippen molar-refractivity contribution < 1.29 is 0 Å². The number of hydrogen-bond donors (Lipinski definition) is 2. The number of nitrogens with zero attached hydrogens (tertiary/aromatic N) is 3. The smallest absolute Gasteiger partial charge is 0.134 e. The van der Waals surface area contributed by atoms with E-state index in [0.717, 1.165) is 40.7 Å². The average Bonchev–Trinajstić information content (AvgIpc) is 2.85. The molecule has 0 amide bonds. The number of nitrogens with one attached hydrogen (secondary N) is 1. The molecule has 7 heteroatoms. The first-order valence-electron chi connectivity index (χ1n) is 6.75. The molecule has 0 fully saturated rings. The standard InChI is InChI=1S/C14H19N5S2/c1-3-21-11-6-4-5-10(13(11)14(15)20)16-8-7-12-18-17-9-19(12)2/h4-6,9,16H,3,7-8H2,1-2H3,(H2,15,20). The van der Waals surface area contributed by atoms with Crippen molar-refractivity contribution in [3.8, 4) is 0 Å². The topological polar surface area (TPSA) is 68.8 Å². The first-order valence-corrected chi connectivity index (χ1v) is 8.15. The molecule has 0 aliphatic rings. The average molecular weight is 321 g/mol. The Labute approximate surface area is 134 Å². The Morgan fingerprint density at radius 1 is 1.48 bits per heavy atom. The summed E-state index contributed by atoms with van der Waals surface area (Å²) in [5.41, 5.74) is 7.79. The summed E-state index contributed by atoms with van der Waals surface area (Å²) in [6.45, 7) is 2.87. The highest BCUT2D eigenvalue weighted by molar-refractivity contribution is 7.99. The fraction of sp³-hybridized carbons (Fsp3) is 0.357. The second kappa shape index (κ2) is 7.42. The lowest BCUT2D eigenvalue weighted by molar-refractivity contribution is 0.788. The first-order chi connectivity index (χ1) is 10.1. The van der Waals surface area contributed by atoms with Crippen molar-refractivity contribution in [1.82, 2.24) is 14.8 Å². The Kier molecular flexibility index (Phi) is 5.58. The molecule has 0 unspecified atom stereocenters. The molecule has 2 rings (SSSR count). The third-order valence-corrected chi connectivity index (χ3v) is 4.19. The molecular weight excluding hydrogens is 302 g/mol. The van der Waals surface area contributed by atoms with Crippen molar-refractivity contribution >= 4 is 34.7 Å². The van der Waals surface area contributed by atoms with Gasteiger partial charge in [-0.3, -0.25) is 0 Å². The molecule has 3 N–H and O–H groups in total. The first kappa shape index (κ1) is 15.8. The predicted molar refractivity (Wildman–Crippen MR) is 91.9 cm³/mol. The van der Waals surface area contributed by atoms with Gasteiger partial charge in [0.15, 0.2) is 0 Å². The van der Waals surface area contributed by atoms with E-state index in [4.69, 9.17) is 18.0 Å².